The summed E-state index contributed by atoms with van der Waals surface area (Å²) >= 11 is 0. The molecular formula is C18H17N3O3. The zero-order valence-electron chi connectivity index (χ0n) is 13.2. The summed E-state index contributed by atoms with van der Waals surface area (Å²) < 4.78 is 10.6. The van der Waals surface area contributed by atoms with E-state index in [9.17, 15) is 4.79 Å². The van der Waals surface area contributed by atoms with E-state index in [0.717, 1.165) is 0 Å². The van der Waals surface area contributed by atoms with Gasteiger partial charge in [-0.2, -0.15) is 0 Å². The molecular weight excluding hydrogens is 306 g/mol. The second-order valence-electron chi connectivity index (χ2n) is 5.05. The SMILES string of the molecule is C\C=C/C=C\C=C\C=C(/N)c1nc2cc3c(cc2[nH]c1=O)OCO3. The molecule has 6 nitrogen and oxygen atoms in total. The lowest BCUT2D eigenvalue weighted by molar-refractivity contribution is 0.174. The van der Waals surface area contributed by atoms with Crippen molar-refractivity contribution >= 4 is 16.7 Å². The Morgan fingerprint density at radius 3 is 2.67 bits per heavy atom. The first-order valence-corrected chi connectivity index (χ1v) is 7.45. The fourth-order valence-corrected chi connectivity index (χ4v) is 2.21. The normalized spacial score (nSPS) is 14.6. The van der Waals surface area contributed by atoms with Gasteiger partial charge in [0.15, 0.2) is 17.2 Å². The van der Waals surface area contributed by atoms with Crippen molar-refractivity contribution in [2.24, 2.45) is 5.73 Å². The van der Waals surface area contributed by atoms with Gasteiger partial charge >= 0.3 is 0 Å². The van der Waals surface area contributed by atoms with Crippen LogP contribution >= 0.6 is 0 Å². The summed E-state index contributed by atoms with van der Waals surface area (Å²) in [7, 11) is 0. The van der Waals surface area contributed by atoms with Crippen molar-refractivity contribution < 1.29 is 9.47 Å². The van der Waals surface area contributed by atoms with E-state index in [-0.39, 0.29) is 23.7 Å². The molecule has 3 N–H and O–H groups in total. The Morgan fingerprint density at radius 2 is 1.88 bits per heavy atom. The third-order valence-corrected chi connectivity index (χ3v) is 3.37. The maximum atomic E-state index is 12.2. The van der Waals surface area contributed by atoms with Crippen LogP contribution in [-0.2, 0) is 0 Å². The Morgan fingerprint density at radius 1 is 1.17 bits per heavy atom. The first kappa shape index (κ1) is 15.6. The Bertz CT molecular complexity index is 936. The van der Waals surface area contributed by atoms with Crippen LogP contribution in [-0.4, -0.2) is 16.8 Å². The summed E-state index contributed by atoms with van der Waals surface area (Å²) in [6, 6.07) is 3.42. The van der Waals surface area contributed by atoms with Gasteiger partial charge in [0.2, 0.25) is 6.79 Å². The predicted octanol–water partition coefficient (Wildman–Crippen LogP) is 2.64. The predicted molar refractivity (Wildman–Crippen MR) is 93.7 cm³/mol. The van der Waals surface area contributed by atoms with Crippen LogP contribution in [0, 0.1) is 0 Å². The van der Waals surface area contributed by atoms with Gasteiger partial charge in [-0.1, -0.05) is 36.5 Å². The molecule has 0 radical (unpaired) electrons. The first-order valence-electron chi connectivity index (χ1n) is 7.45. The molecule has 2 aromatic rings. The summed E-state index contributed by atoms with van der Waals surface area (Å²) in [5.74, 6) is 1.19. The molecule has 1 aromatic heterocycles. The number of nitrogens with two attached hydrogens (primary N) is 1. The highest BCUT2D eigenvalue weighted by molar-refractivity contribution is 5.80. The van der Waals surface area contributed by atoms with Crippen LogP contribution in [0.4, 0.5) is 0 Å². The molecule has 0 saturated carbocycles. The number of aromatic amines is 1. The van der Waals surface area contributed by atoms with Crippen molar-refractivity contribution in [2.45, 2.75) is 6.92 Å². The molecule has 0 spiro atoms. The van der Waals surface area contributed by atoms with Gasteiger partial charge in [-0.3, -0.25) is 4.79 Å². The third kappa shape index (κ3) is 3.22. The van der Waals surface area contributed by atoms with E-state index in [1.807, 2.05) is 37.3 Å². The smallest absolute Gasteiger partial charge is 0.276 e. The van der Waals surface area contributed by atoms with Crippen LogP contribution in [0.3, 0.4) is 0 Å². The zero-order chi connectivity index (χ0) is 16.9. The van der Waals surface area contributed by atoms with E-state index in [4.69, 9.17) is 15.2 Å². The molecule has 2 heterocycles. The number of ether oxygens (including phenoxy) is 2. The third-order valence-electron chi connectivity index (χ3n) is 3.37. The first-order chi connectivity index (χ1) is 11.7. The topological polar surface area (TPSA) is 90.2 Å². The van der Waals surface area contributed by atoms with E-state index < -0.39 is 0 Å². The van der Waals surface area contributed by atoms with Crippen molar-refractivity contribution in [3.63, 3.8) is 0 Å². The number of hydrogen-bond acceptors (Lipinski definition) is 5. The van der Waals surface area contributed by atoms with Crippen molar-refractivity contribution in [1.29, 1.82) is 0 Å². The Hall–Kier alpha value is -3.28. The van der Waals surface area contributed by atoms with Crippen molar-refractivity contribution in [3.05, 3.63) is 70.7 Å². The van der Waals surface area contributed by atoms with Crippen molar-refractivity contribution in [2.75, 3.05) is 6.79 Å². The summed E-state index contributed by atoms with van der Waals surface area (Å²) in [6.07, 6.45) is 12.8. The van der Waals surface area contributed by atoms with Crippen LogP contribution in [0.1, 0.15) is 12.6 Å². The van der Waals surface area contributed by atoms with Gasteiger partial charge < -0.3 is 20.2 Å². The monoisotopic (exact) mass is 323 g/mol. The van der Waals surface area contributed by atoms with E-state index in [1.165, 1.54) is 0 Å². The van der Waals surface area contributed by atoms with Gasteiger partial charge in [-0.25, -0.2) is 4.98 Å². The summed E-state index contributed by atoms with van der Waals surface area (Å²) in [6.45, 7) is 2.10. The molecule has 0 aliphatic carbocycles. The molecule has 1 aliphatic heterocycles. The average molecular weight is 323 g/mol. The highest BCUT2D eigenvalue weighted by Crippen LogP contribution is 2.34. The molecule has 6 heteroatoms. The number of H-pyrrole nitrogens is 1. The second-order valence-corrected chi connectivity index (χ2v) is 5.05. The number of benzene rings is 1. The Balaban J connectivity index is 1.92. The minimum absolute atomic E-state index is 0.163. The molecule has 0 bridgehead atoms. The van der Waals surface area contributed by atoms with Crippen LogP contribution < -0.4 is 20.8 Å². The molecule has 0 atom stereocenters. The average Bonchev–Trinajstić information content (AvgIpc) is 3.02. The molecule has 0 unspecified atom stereocenters. The molecule has 0 amide bonds. The van der Waals surface area contributed by atoms with Crippen LogP contribution in [0.2, 0.25) is 0 Å². The molecule has 1 aromatic carbocycles. The minimum atomic E-state index is -0.354. The number of allylic oxidation sites excluding steroid dienone is 7. The van der Waals surface area contributed by atoms with E-state index in [2.05, 4.69) is 9.97 Å². The van der Waals surface area contributed by atoms with Crippen molar-refractivity contribution in [1.82, 2.24) is 9.97 Å². The molecule has 0 saturated heterocycles. The van der Waals surface area contributed by atoms with E-state index in [0.29, 0.717) is 22.5 Å². The largest absolute Gasteiger partial charge is 0.454 e. The van der Waals surface area contributed by atoms with Gasteiger partial charge in [-0.05, 0) is 13.0 Å². The molecule has 24 heavy (non-hydrogen) atoms. The van der Waals surface area contributed by atoms with Gasteiger partial charge in [0.1, 0.15) is 0 Å². The van der Waals surface area contributed by atoms with Crippen LogP contribution in [0.5, 0.6) is 11.5 Å². The fraction of sp³-hybridized carbons (Fsp3) is 0.111. The molecule has 122 valence electrons. The summed E-state index contributed by atoms with van der Waals surface area (Å²) in [5, 5.41) is 0. The Labute approximate surface area is 138 Å². The number of fused-ring (bicyclic) bond motifs is 2. The standard InChI is InChI=1S/C18H17N3O3/c1-2-3-4-5-6-7-8-12(19)17-18(22)21-14-10-16-15(23-11-24-16)9-13(14)20-17/h2-10H,11,19H2,1H3,(H,21,22)/b3-2-,5-4-,7-6+,12-8-. The highest BCUT2D eigenvalue weighted by Gasteiger charge is 2.16. The fourth-order valence-electron chi connectivity index (χ4n) is 2.21. The lowest BCUT2D eigenvalue weighted by Gasteiger charge is -2.04. The number of hydrogen-bond donors (Lipinski definition) is 2. The maximum Gasteiger partial charge on any atom is 0.276 e. The van der Waals surface area contributed by atoms with Gasteiger partial charge in [-0.15, -0.1) is 0 Å². The lowest BCUT2D eigenvalue weighted by atomic mass is 10.2. The number of rotatable bonds is 4. The van der Waals surface area contributed by atoms with Crippen LogP contribution in [0.15, 0.2) is 59.5 Å². The van der Waals surface area contributed by atoms with Gasteiger partial charge in [0.25, 0.3) is 5.56 Å². The van der Waals surface area contributed by atoms with E-state index >= 15 is 0 Å². The van der Waals surface area contributed by atoms with Gasteiger partial charge in [0.05, 0.1) is 16.7 Å². The van der Waals surface area contributed by atoms with Crippen LogP contribution in [0.25, 0.3) is 16.7 Å². The maximum absolute atomic E-state index is 12.2. The van der Waals surface area contributed by atoms with Gasteiger partial charge in [0, 0.05) is 12.1 Å². The lowest BCUT2D eigenvalue weighted by Crippen LogP contribution is -2.17. The molecule has 1 aliphatic rings. The number of nitrogens with zero attached hydrogens (tertiary/aromatic N) is 1. The number of aromatic nitrogens is 2. The highest BCUT2D eigenvalue weighted by atomic mass is 16.7. The Kier molecular flexibility index (Phi) is 4.47. The zero-order valence-corrected chi connectivity index (χ0v) is 13.2. The second kappa shape index (κ2) is 6.87. The molecule has 0 fully saturated rings. The minimum Gasteiger partial charge on any atom is -0.454 e. The van der Waals surface area contributed by atoms with Crippen molar-refractivity contribution in [3.8, 4) is 11.5 Å². The molecule has 3 rings (SSSR count). The summed E-state index contributed by atoms with van der Waals surface area (Å²) in [5.41, 5.74) is 7.23. The number of nitrogens with one attached hydrogen (secondary N) is 1. The summed E-state index contributed by atoms with van der Waals surface area (Å²) in [4.78, 5) is 19.3. The van der Waals surface area contributed by atoms with E-state index in [1.54, 1.807) is 24.3 Å². The quantitative estimate of drug-likeness (QED) is 0.844.